The molecule has 1 aromatic rings. The summed E-state index contributed by atoms with van der Waals surface area (Å²) in [6, 6.07) is 6.60. The summed E-state index contributed by atoms with van der Waals surface area (Å²) in [6.45, 7) is 44.3. The predicted molar refractivity (Wildman–Crippen MR) is 258 cm³/mol. The minimum Gasteiger partial charge on any atom is -0.494 e. The molecule has 2 unspecified atom stereocenters. The molecule has 0 spiro atoms. The summed E-state index contributed by atoms with van der Waals surface area (Å²) in [7, 11) is 1.75. The van der Waals surface area contributed by atoms with Crippen molar-refractivity contribution in [1.29, 1.82) is 5.41 Å². The molecule has 328 valence electrons. The van der Waals surface area contributed by atoms with E-state index in [1.807, 2.05) is 40.7 Å². The number of ketones is 1. The number of rotatable bonds is 15. The second kappa shape index (κ2) is 44.9. The summed E-state index contributed by atoms with van der Waals surface area (Å²) in [5.41, 5.74) is 11.0. The Labute approximate surface area is 420 Å². The van der Waals surface area contributed by atoms with Crippen molar-refractivity contribution in [3.8, 4) is 0 Å². The van der Waals surface area contributed by atoms with Gasteiger partial charge in [-0.3, -0.25) is 4.79 Å². The van der Waals surface area contributed by atoms with Crippen molar-refractivity contribution in [2.75, 3.05) is 13.7 Å². The molecule has 0 radical (unpaired) electrons. The van der Waals surface area contributed by atoms with Gasteiger partial charge in [-0.1, -0.05) is 144 Å². The maximum absolute atomic E-state index is 10.8. The molecule has 1 aromatic carbocycles. The van der Waals surface area contributed by atoms with Crippen LogP contribution in [0.4, 0.5) is 0 Å². The van der Waals surface area contributed by atoms with Crippen LogP contribution in [0.25, 0.3) is 0 Å². The van der Waals surface area contributed by atoms with Crippen LogP contribution in [0.2, 0.25) is 0 Å². The Balaban J connectivity index is -0.000000267. The van der Waals surface area contributed by atoms with E-state index in [1.165, 1.54) is 41.3 Å². The Kier molecular flexibility index (Phi) is 52.7. The average molecular weight is 925 g/mol. The first-order chi connectivity index (χ1) is 26.7. The quantitative estimate of drug-likeness (QED) is 0.0604. The Bertz CT molecular complexity index is 1410. The van der Waals surface area contributed by atoms with E-state index in [2.05, 4.69) is 132 Å². The first-order valence-electron chi connectivity index (χ1n) is 21.5. The van der Waals surface area contributed by atoms with Crippen LogP contribution in [0.1, 0.15) is 179 Å². The second-order valence-electron chi connectivity index (χ2n) is 13.6. The van der Waals surface area contributed by atoms with Gasteiger partial charge in [0.2, 0.25) is 0 Å². The van der Waals surface area contributed by atoms with Crippen LogP contribution >= 0.6 is 0 Å². The fourth-order valence-corrected chi connectivity index (χ4v) is 5.21. The molecule has 1 aliphatic carbocycles. The molecule has 1 saturated carbocycles. The minimum atomic E-state index is 0. The number of nitrogens with one attached hydrogen (secondary N) is 2. The molecule has 1 aliphatic rings. The number of hydrogen-bond donors (Lipinski definition) is 2. The van der Waals surface area contributed by atoms with Gasteiger partial charge >= 0.3 is 68.9 Å². The van der Waals surface area contributed by atoms with Crippen LogP contribution in [0.15, 0.2) is 101 Å². The molecule has 2 rings (SSSR count). The summed E-state index contributed by atoms with van der Waals surface area (Å²) in [5, 5.41) is 12.0. The second-order valence-corrected chi connectivity index (χ2v) is 13.6. The number of allylic oxidation sites excluding steroid dienone is 10. The van der Waals surface area contributed by atoms with Crippen molar-refractivity contribution in [3.05, 3.63) is 125 Å². The van der Waals surface area contributed by atoms with Gasteiger partial charge in [-0.15, -0.1) is 0 Å². The number of hydrogen-bond acceptors (Lipinski definition) is 5. The molecule has 0 heterocycles. The third-order valence-electron chi connectivity index (χ3n) is 8.27. The monoisotopic (exact) mass is 925 g/mol. The molecule has 1 fully saturated rings. The standard InChI is InChI=1S/C33H48N2O2.C8H12O.2C3H8.2C2H6.CH3.Cs/c1-11-15-33(35-22-27-16-17-30(26(9)36-10)28(12-2)20-27)32(21-34)31(18-23(5)6)25(8)24(7)19-29(13-3)37-14-4;1-6-3-4-8(9)5-7(6)2;2*1-3-2;2*1-2;;/h13,15-21,26,34-35H,3,11-12,14,22H2,1-2,4-10H3;6H,2-5H2,1H3;2*3H2,1-2H3;2*1-2H3;1H3;/q;;;;;;-1;+1/b25-24+,29-19+,32-31+,33-15+,34-21?;;;;;;;. The van der Waals surface area contributed by atoms with Gasteiger partial charge in [-0.25, -0.2) is 0 Å². The van der Waals surface area contributed by atoms with Gasteiger partial charge in [0.15, 0.2) is 0 Å². The van der Waals surface area contributed by atoms with Crippen molar-refractivity contribution in [1.82, 2.24) is 5.32 Å². The number of carbonyl (C=O) groups is 1. The SMILES string of the molecule is C=C1CC(=O)CCC1C.C=C\C(=C/C(C)=C(C)/C(C=C(C)C)=C(C=N)/C(=C\CC)NCc1ccc(C(C)OC)c(CC)c1)OCC.CC.CC.CCC.CCC.[CH3-].[Cs+]. The third kappa shape index (κ3) is 30.4. The van der Waals surface area contributed by atoms with Crippen molar-refractivity contribution in [3.63, 3.8) is 0 Å². The Morgan fingerprint density at radius 3 is 1.91 bits per heavy atom. The van der Waals surface area contributed by atoms with Crippen molar-refractivity contribution < 1.29 is 83.2 Å². The summed E-state index contributed by atoms with van der Waals surface area (Å²) < 4.78 is 11.2. The Hall–Kier alpha value is -1.65. The van der Waals surface area contributed by atoms with E-state index >= 15 is 0 Å². The number of carbonyl (C=O) groups excluding carboxylic acids is 1. The van der Waals surface area contributed by atoms with Crippen LogP contribution in [0.5, 0.6) is 0 Å². The van der Waals surface area contributed by atoms with E-state index in [-0.39, 0.29) is 82.4 Å². The van der Waals surface area contributed by atoms with Gasteiger partial charge < -0.3 is 27.6 Å². The number of methoxy groups -OCH3 is 1. The largest absolute Gasteiger partial charge is 1.00 e. The van der Waals surface area contributed by atoms with Crippen LogP contribution < -0.4 is 74.2 Å². The molecule has 6 heteroatoms. The van der Waals surface area contributed by atoms with E-state index in [0.29, 0.717) is 31.3 Å². The summed E-state index contributed by atoms with van der Waals surface area (Å²) in [4.78, 5) is 10.8. The zero-order valence-corrected chi connectivity index (χ0v) is 48.1. The number of aryl methyl sites for hydroxylation is 1. The fraction of sp³-hybridized carbons (Fsp3) is 0.558. The molecule has 2 atom stereocenters. The van der Waals surface area contributed by atoms with Crippen LogP contribution in [0, 0.1) is 18.8 Å². The summed E-state index contributed by atoms with van der Waals surface area (Å²) in [5.74, 6) is 1.67. The van der Waals surface area contributed by atoms with Crippen LogP contribution in [-0.4, -0.2) is 25.7 Å². The van der Waals surface area contributed by atoms with Gasteiger partial charge in [0, 0.05) is 44.0 Å². The zero-order valence-electron chi connectivity index (χ0n) is 41.8. The topological polar surface area (TPSA) is 71.4 Å². The van der Waals surface area contributed by atoms with Gasteiger partial charge in [0.25, 0.3) is 0 Å². The third-order valence-corrected chi connectivity index (χ3v) is 8.27. The first kappa shape index (κ1) is 68.1. The van der Waals surface area contributed by atoms with Gasteiger partial charge in [-0.2, -0.15) is 0 Å². The normalized spacial score (nSPS) is 14.4. The smallest absolute Gasteiger partial charge is 0.494 e. The maximum atomic E-state index is 10.8. The van der Waals surface area contributed by atoms with Gasteiger partial charge in [0.05, 0.1) is 12.7 Å². The zero-order chi connectivity index (χ0) is 44.2. The molecule has 58 heavy (non-hydrogen) atoms. The first-order valence-corrected chi connectivity index (χ1v) is 21.5. The predicted octanol–water partition coefficient (Wildman–Crippen LogP) is 13.0. The van der Waals surface area contributed by atoms with Gasteiger partial charge in [0.1, 0.15) is 11.5 Å². The number of Topliss-reactive ketones (excluding diaryl/α,β-unsaturated/α-hetero) is 1. The van der Waals surface area contributed by atoms with E-state index in [0.717, 1.165) is 65.0 Å². The molecule has 0 saturated heterocycles. The molecule has 0 aliphatic heterocycles. The number of benzene rings is 1. The fourth-order valence-electron chi connectivity index (χ4n) is 5.21. The summed E-state index contributed by atoms with van der Waals surface area (Å²) >= 11 is 0. The van der Waals surface area contributed by atoms with E-state index in [9.17, 15) is 4.79 Å². The molecule has 0 bridgehead atoms. The Morgan fingerprint density at radius 2 is 1.52 bits per heavy atom. The molecular formula is C52H91CsN2O3. The molecule has 2 N–H and O–H groups in total. The maximum Gasteiger partial charge on any atom is 1.00 e. The van der Waals surface area contributed by atoms with Gasteiger partial charge in [-0.05, 0) is 112 Å². The molecule has 0 aromatic heterocycles. The van der Waals surface area contributed by atoms with E-state index in [4.69, 9.17) is 14.9 Å². The van der Waals surface area contributed by atoms with Crippen LogP contribution in [-0.2, 0) is 27.2 Å². The van der Waals surface area contributed by atoms with Crippen molar-refractivity contribution in [2.24, 2.45) is 5.92 Å². The summed E-state index contributed by atoms with van der Waals surface area (Å²) in [6.07, 6.45) is 16.3. The Morgan fingerprint density at radius 1 is 0.966 bits per heavy atom. The number of ether oxygens (including phenoxy) is 2. The average Bonchev–Trinajstić information content (AvgIpc) is 3.19. The molecular weight excluding hydrogens is 833 g/mol. The van der Waals surface area contributed by atoms with Crippen molar-refractivity contribution in [2.45, 2.75) is 175 Å². The van der Waals surface area contributed by atoms with E-state index in [1.54, 1.807) is 13.2 Å². The van der Waals surface area contributed by atoms with Crippen LogP contribution in [0.3, 0.4) is 0 Å². The molecule has 5 nitrogen and oxygen atoms in total. The minimum absolute atomic E-state index is 0. The molecule has 0 amide bonds. The van der Waals surface area contributed by atoms with E-state index < -0.39 is 0 Å². The van der Waals surface area contributed by atoms with Crippen molar-refractivity contribution >= 4 is 12.0 Å².